The molecule has 0 amide bonds. The zero-order chi connectivity index (χ0) is 13.0. The molecule has 18 heavy (non-hydrogen) atoms. The van der Waals surface area contributed by atoms with Gasteiger partial charge < -0.3 is 10.3 Å². The van der Waals surface area contributed by atoms with E-state index in [4.69, 9.17) is 5.26 Å². The third kappa shape index (κ3) is 3.06. The lowest BCUT2D eigenvalue weighted by Gasteiger charge is -2.07. The van der Waals surface area contributed by atoms with E-state index in [-0.39, 0.29) is 4.87 Å². The van der Waals surface area contributed by atoms with Gasteiger partial charge >= 0.3 is 4.87 Å². The van der Waals surface area contributed by atoms with E-state index in [9.17, 15) is 4.79 Å². The minimum atomic E-state index is -0.0265. The number of aryl methyl sites for hydroxylation is 1. The van der Waals surface area contributed by atoms with Crippen molar-refractivity contribution in [2.24, 2.45) is 0 Å². The number of H-pyrrole nitrogens is 1. The highest BCUT2D eigenvalue weighted by Gasteiger charge is 2.01. The molecule has 0 aliphatic heterocycles. The minimum absolute atomic E-state index is 0.0265. The molecular weight excluding hydrogens is 246 g/mol. The third-order valence-corrected chi connectivity index (χ3v) is 3.39. The first-order valence-electron chi connectivity index (χ1n) is 5.56. The van der Waals surface area contributed by atoms with Crippen LogP contribution in [0.2, 0.25) is 0 Å². The highest BCUT2D eigenvalue weighted by atomic mass is 32.1. The molecular formula is C13H13N3OS. The highest BCUT2D eigenvalue weighted by molar-refractivity contribution is 7.07. The van der Waals surface area contributed by atoms with Crippen LogP contribution in [0.1, 0.15) is 22.4 Å². The Kier molecular flexibility index (Phi) is 3.92. The van der Waals surface area contributed by atoms with Gasteiger partial charge in [0.25, 0.3) is 0 Å². The first kappa shape index (κ1) is 12.6. The van der Waals surface area contributed by atoms with Gasteiger partial charge in [0, 0.05) is 24.2 Å². The van der Waals surface area contributed by atoms with Crippen molar-refractivity contribution in [2.45, 2.75) is 20.0 Å². The predicted octanol–water partition coefficient (Wildman–Crippen LogP) is 1.91. The van der Waals surface area contributed by atoms with E-state index in [1.54, 1.807) is 0 Å². The molecule has 2 rings (SSSR count). The first-order chi connectivity index (χ1) is 8.69. The van der Waals surface area contributed by atoms with E-state index >= 15 is 0 Å². The van der Waals surface area contributed by atoms with Gasteiger partial charge in [-0.05, 0) is 30.2 Å². The third-order valence-electron chi connectivity index (χ3n) is 2.67. The highest BCUT2D eigenvalue weighted by Crippen LogP contribution is 2.10. The second-order valence-electron chi connectivity index (χ2n) is 4.03. The Bertz CT molecular complexity index is 636. The van der Waals surface area contributed by atoms with Crippen LogP contribution < -0.4 is 10.2 Å². The molecule has 92 valence electrons. The number of nitriles is 1. The van der Waals surface area contributed by atoms with Gasteiger partial charge in [-0.2, -0.15) is 5.26 Å². The Balaban J connectivity index is 1.94. The standard InChI is InChI=1S/C13H13N3OS/c1-9-4-10(5-14)2-3-11(9)6-15-7-12-8-18-13(17)16-12/h2-4,8,15H,6-7H2,1H3,(H,16,17). The van der Waals surface area contributed by atoms with Crippen LogP contribution in [-0.2, 0) is 13.1 Å². The fourth-order valence-corrected chi connectivity index (χ4v) is 2.28. The van der Waals surface area contributed by atoms with Crippen molar-refractivity contribution in [3.63, 3.8) is 0 Å². The summed E-state index contributed by atoms with van der Waals surface area (Å²) in [4.78, 5) is 13.7. The van der Waals surface area contributed by atoms with Crippen LogP contribution in [0.15, 0.2) is 28.4 Å². The normalized spacial score (nSPS) is 10.2. The molecule has 1 heterocycles. The van der Waals surface area contributed by atoms with Gasteiger partial charge in [0.1, 0.15) is 0 Å². The lowest BCUT2D eigenvalue weighted by atomic mass is 10.1. The molecule has 0 bridgehead atoms. The molecule has 2 aromatic rings. The summed E-state index contributed by atoms with van der Waals surface area (Å²) in [6.07, 6.45) is 0. The lowest BCUT2D eigenvalue weighted by molar-refractivity contribution is 0.679. The van der Waals surface area contributed by atoms with Crippen LogP contribution in [0.25, 0.3) is 0 Å². The Morgan fingerprint density at radius 1 is 1.44 bits per heavy atom. The summed E-state index contributed by atoms with van der Waals surface area (Å²) in [6.45, 7) is 3.35. The van der Waals surface area contributed by atoms with Gasteiger partial charge in [0.15, 0.2) is 0 Å². The summed E-state index contributed by atoms with van der Waals surface area (Å²) in [7, 11) is 0. The number of thiazole rings is 1. The van der Waals surface area contributed by atoms with Crippen molar-refractivity contribution in [2.75, 3.05) is 0 Å². The van der Waals surface area contributed by atoms with Crippen molar-refractivity contribution in [3.8, 4) is 6.07 Å². The molecule has 4 nitrogen and oxygen atoms in total. The lowest BCUT2D eigenvalue weighted by Crippen LogP contribution is -2.14. The maximum Gasteiger partial charge on any atom is 0.304 e. The van der Waals surface area contributed by atoms with Crippen molar-refractivity contribution in [1.29, 1.82) is 5.26 Å². The van der Waals surface area contributed by atoms with E-state index in [0.29, 0.717) is 12.1 Å². The van der Waals surface area contributed by atoms with Crippen molar-refractivity contribution in [3.05, 3.63) is 55.6 Å². The maximum absolute atomic E-state index is 11.0. The smallest absolute Gasteiger partial charge is 0.304 e. The number of nitrogens with zero attached hydrogens (tertiary/aromatic N) is 1. The molecule has 0 unspecified atom stereocenters. The predicted molar refractivity (Wildman–Crippen MR) is 71.4 cm³/mol. The Labute approximate surface area is 109 Å². The van der Waals surface area contributed by atoms with Crippen LogP contribution in [0.5, 0.6) is 0 Å². The number of nitrogens with one attached hydrogen (secondary N) is 2. The molecule has 0 radical (unpaired) electrons. The molecule has 0 fully saturated rings. The SMILES string of the molecule is Cc1cc(C#N)ccc1CNCc1csc(=O)[nH]1. The van der Waals surface area contributed by atoms with Crippen molar-refractivity contribution >= 4 is 11.3 Å². The Morgan fingerprint density at radius 3 is 2.89 bits per heavy atom. The molecule has 0 atom stereocenters. The second-order valence-corrected chi connectivity index (χ2v) is 4.87. The molecule has 0 aliphatic rings. The minimum Gasteiger partial charge on any atom is -0.315 e. The molecule has 1 aromatic heterocycles. The number of aromatic nitrogens is 1. The largest absolute Gasteiger partial charge is 0.315 e. The average molecular weight is 259 g/mol. The summed E-state index contributed by atoms with van der Waals surface area (Å²) in [5.41, 5.74) is 3.83. The Hall–Kier alpha value is -1.90. The number of hydrogen-bond donors (Lipinski definition) is 2. The van der Waals surface area contributed by atoms with Crippen LogP contribution in [0.3, 0.4) is 0 Å². The summed E-state index contributed by atoms with van der Waals surface area (Å²) >= 11 is 1.17. The van der Waals surface area contributed by atoms with E-state index in [2.05, 4.69) is 16.4 Å². The van der Waals surface area contributed by atoms with Gasteiger partial charge in [-0.1, -0.05) is 17.4 Å². The van der Waals surface area contributed by atoms with E-state index in [0.717, 1.165) is 23.4 Å². The fourth-order valence-electron chi connectivity index (χ4n) is 1.70. The summed E-state index contributed by atoms with van der Waals surface area (Å²) in [6, 6.07) is 7.77. The number of hydrogen-bond acceptors (Lipinski definition) is 4. The number of aromatic amines is 1. The molecule has 0 spiro atoms. The molecule has 2 N–H and O–H groups in total. The molecule has 0 saturated carbocycles. The van der Waals surface area contributed by atoms with Crippen LogP contribution in [-0.4, -0.2) is 4.98 Å². The zero-order valence-electron chi connectivity index (χ0n) is 9.99. The first-order valence-corrected chi connectivity index (χ1v) is 6.44. The van der Waals surface area contributed by atoms with Crippen LogP contribution in [0, 0.1) is 18.3 Å². The van der Waals surface area contributed by atoms with Gasteiger partial charge in [-0.15, -0.1) is 0 Å². The average Bonchev–Trinajstić information content (AvgIpc) is 2.77. The topological polar surface area (TPSA) is 68.7 Å². The molecule has 5 heteroatoms. The van der Waals surface area contributed by atoms with Crippen molar-refractivity contribution in [1.82, 2.24) is 10.3 Å². The van der Waals surface area contributed by atoms with Gasteiger partial charge in [0.2, 0.25) is 0 Å². The van der Waals surface area contributed by atoms with E-state index < -0.39 is 0 Å². The van der Waals surface area contributed by atoms with Gasteiger partial charge in [-0.25, -0.2) is 0 Å². The molecule has 0 saturated heterocycles. The van der Waals surface area contributed by atoms with Gasteiger partial charge in [-0.3, -0.25) is 4.79 Å². The summed E-state index contributed by atoms with van der Waals surface area (Å²) in [5.74, 6) is 0. The van der Waals surface area contributed by atoms with E-state index in [1.807, 2.05) is 30.5 Å². The second kappa shape index (κ2) is 5.63. The summed E-state index contributed by atoms with van der Waals surface area (Å²) in [5, 5.41) is 13.9. The number of rotatable bonds is 4. The van der Waals surface area contributed by atoms with Crippen LogP contribution in [0.4, 0.5) is 0 Å². The van der Waals surface area contributed by atoms with Crippen LogP contribution >= 0.6 is 11.3 Å². The number of benzene rings is 1. The summed E-state index contributed by atoms with van der Waals surface area (Å²) < 4.78 is 0. The zero-order valence-corrected chi connectivity index (χ0v) is 10.8. The molecule has 0 aliphatic carbocycles. The Morgan fingerprint density at radius 2 is 2.28 bits per heavy atom. The quantitative estimate of drug-likeness (QED) is 0.881. The van der Waals surface area contributed by atoms with Gasteiger partial charge in [0.05, 0.1) is 11.6 Å². The molecule has 1 aromatic carbocycles. The monoisotopic (exact) mass is 259 g/mol. The van der Waals surface area contributed by atoms with Crippen molar-refractivity contribution < 1.29 is 0 Å². The van der Waals surface area contributed by atoms with E-state index in [1.165, 1.54) is 11.3 Å². The fraction of sp³-hybridized carbons (Fsp3) is 0.231. The maximum atomic E-state index is 11.0.